The highest BCUT2D eigenvalue weighted by Gasteiger charge is 2.34. The molecule has 3 heterocycles. The summed E-state index contributed by atoms with van der Waals surface area (Å²) < 4.78 is 5.55. The minimum atomic E-state index is -0.615. The van der Waals surface area contributed by atoms with E-state index in [1.807, 2.05) is 13.8 Å². The molecule has 1 aliphatic rings. The summed E-state index contributed by atoms with van der Waals surface area (Å²) in [4.78, 5) is 39.0. The second-order valence-corrected chi connectivity index (χ2v) is 6.65. The Labute approximate surface area is 149 Å². The quantitative estimate of drug-likeness (QED) is 0.633. The predicted molar refractivity (Wildman–Crippen MR) is 92.1 cm³/mol. The molecule has 2 aromatic heterocycles. The lowest BCUT2D eigenvalue weighted by atomic mass is 9.87. The number of rotatable bonds is 7. The van der Waals surface area contributed by atoms with Crippen LogP contribution in [-0.4, -0.2) is 45.2 Å². The molecule has 9 heteroatoms. The van der Waals surface area contributed by atoms with Gasteiger partial charge in [0, 0.05) is 31.3 Å². The Kier molecular flexibility index (Phi) is 5.15. The number of anilines is 1. The van der Waals surface area contributed by atoms with Crippen molar-refractivity contribution in [3.63, 3.8) is 0 Å². The molecule has 3 N–H and O–H groups in total. The first-order valence-corrected chi connectivity index (χ1v) is 8.53. The van der Waals surface area contributed by atoms with Gasteiger partial charge in [0.2, 0.25) is 5.78 Å². The molecule has 1 saturated heterocycles. The maximum absolute atomic E-state index is 12.7. The van der Waals surface area contributed by atoms with Gasteiger partial charge in [0.15, 0.2) is 5.78 Å². The molecule has 0 saturated carbocycles. The van der Waals surface area contributed by atoms with Crippen molar-refractivity contribution < 1.29 is 18.8 Å². The third-order valence-electron chi connectivity index (χ3n) is 4.38. The smallest absolute Gasteiger partial charge is 0.316 e. The summed E-state index contributed by atoms with van der Waals surface area (Å²) in [6.07, 6.45) is 3.95. The van der Waals surface area contributed by atoms with Crippen LogP contribution in [0, 0.1) is 11.8 Å². The number of hydrogen-bond acceptors (Lipinski definition) is 7. The number of aromatic amines is 1. The summed E-state index contributed by atoms with van der Waals surface area (Å²) in [5.74, 6) is -1.59. The first kappa shape index (κ1) is 17.8. The van der Waals surface area contributed by atoms with E-state index in [4.69, 9.17) is 4.42 Å². The van der Waals surface area contributed by atoms with Crippen molar-refractivity contribution in [3.8, 4) is 11.5 Å². The van der Waals surface area contributed by atoms with E-state index in [-0.39, 0.29) is 24.1 Å². The van der Waals surface area contributed by atoms with Gasteiger partial charge >= 0.3 is 6.01 Å². The zero-order valence-electron chi connectivity index (χ0n) is 14.6. The Bertz CT molecular complexity index is 796. The average molecular weight is 359 g/mol. The number of aromatic nitrogens is 3. The second kappa shape index (κ2) is 7.51. The molecule has 26 heavy (non-hydrogen) atoms. The number of carbonyl (C=O) groups excluding carboxylic acids is 3. The third kappa shape index (κ3) is 3.81. The highest BCUT2D eigenvalue weighted by atomic mass is 16.4. The topological polar surface area (TPSA) is 130 Å². The predicted octanol–water partition coefficient (Wildman–Crippen LogP) is 1.17. The van der Waals surface area contributed by atoms with Crippen LogP contribution >= 0.6 is 0 Å². The lowest BCUT2D eigenvalue weighted by molar-refractivity contribution is -0.143. The van der Waals surface area contributed by atoms with Gasteiger partial charge in [0.1, 0.15) is 0 Å². The molecule has 2 aromatic rings. The highest BCUT2D eigenvalue weighted by Crippen LogP contribution is 2.22. The van der Waals surface area contributed by atoms with Gasteiger partial charge in [-0.1, -0.05) is 18.9 Å². The van der Waals surface area contributed by atoms with Crippen LogP contribution in [0.5, 0.6) is 0 Å². The molecule has 138 valence electrons. The zero-order valence-corrected chi connectivity index (χ0v) is 14.6. The normalized spacial score (nSPS) is 18.7. The van der Waals surface area contributed by atoms with Crippen LogP contribution in [0.4, 0.5) is 6.01 Å². The van der Waals surface area contributed by atoms with Crippen LogP contribution in [0.15, 0.2) is 22.9 Å². The van der Waals surface area contributed by atoms with Crippen LogP contribution in [0.3, 0.4) is 0 Å². The summed E-state index contributed by atoms with van der Waals surface area (Å²) in [7, 11) is 0. The second-order valence-electron chi connectivity index (χ2n) is 6.65. The third-order valence-corrected chi connectivity index (χ3v) is 4.38. The monoisotopic (exact) mass is 359 g/mol. The molecule has 1 amide bonds. The van der Waals surface area contributed by atoms with Gasteiger partial charge in [-0.05, 0) is 18.4 Å². The van der Waals surface area contributed by atoms with E-state index >= 15 is 0 Å². The lowest BCUT2D eigenvalue weighted by Crippen LogP contribution is -2.45. The summed E-state index contributed by atoms with van der Waals surface area (Å²) >= 11 is 0. The molecule has 3 rings (SSSR count). The molecule has 1 aliphatic heterocycles. The Morgan fingerprint density at radius 2 is 2.19 bits per heavy atom. The van der Waals surface area contributed by atoms with Crippen LogP contribution in [0.25, 0.3) is 11.5 Å². The van der Waals surface area contributed by atoms with E-state index in [9.17, 15) is 14.4 Å². The van der Waals surface area contributed by atoms with E-state index < -0.39 is 23.7 Å². The lowest BCUT2D eigenvalue weighted by Gasteiger charge is -2.24. The standard InChI is InChI=1S/C17H21N5O4/c1-9(2)13(12(23)7-10-4-6-19-15(25)14(10)24)20-17-22-21-16(26-17)11-3-5-18-8-11/h3,5,8-10,13,18H,4,6-7H2,1-2H3,(H,19,25)(H,20,22). The summed E-state index contributed by atoms with van der Waals surface area (Å²) in [5, 5.41) is 13.3. The summed E-state index contributed by atoms with van der Waals surface area (Å²) in [6, 6.07) is 1.34. The average Bonchev–Trinajstić information content (AvgIpc) is 3.27. The Hall–Kier alpha value is -2.97. The summed E-state index contributed by atoms with van der Waals surface area (Å²) in [5.41, 5.74) is 0.747. The minimum absolute atomic E-state index is 0.0148. The molecule has 2 unspecified atom stereocenters. The molecule has 0 spiro atoms. The van der Waals surface area contributed by atoms with Gasteiger partial charge in [-0.25, -0.2) is 0 Å². The fourth-order valence-electron chi connectivity index (χ4n) is 2.94. The number of amides is 1. The number of nitrogens with one attached hydrogen (secondary N) is 3. The number of H-pyrrole nitrogens is 1. The van der Waals surface area contributed by atoms with Crippen molar-refractivity contribution in [2.24, 2.45) is 11.8 Å². The maximum Gasteiger partial charge on any atom is 0.316 e. The number of Topliss-reactive ketones (excluding diaryl/α,β-unsaturated/α-hetero) is 2. The van der Waals surface area contributed by atoms with Crippen LogP contribution < -0.4 is 10.6 Å². The Balaban J connectivity index is 1.68. The van der Waals surface area contributed by atoms with Crippen LogP contribution in [0.2, 0.25) is 0 Å². The van der Waals surface area contributed by atoms with Crippen molar-refractivity contribution in [3.05, 3.63) is 18.5 Å². The van der Waals surface area contributed by atoms with Gasteiger partial charge < -0.3 is 20.0 Å². The van der Waals surface area contributed by atoms with E-state index in [0.29, 0.717) is 18.9 Å². The van der Waals surface area contributed by atoms with Crippen molar-refractivity contribution in [1.29, 1.82) is 0 Å². The van der Waals surface area contributed by atoms with Crippen molar-refractivity contribution in [2.75, 3.05) is 11.9 Å². The van der Waals surface area contributed by atoms with E-state index in [0.717, 1.165) is 5.56 Å². The van der Waals surface area contributed by atoms with E-state index in [2.05, 4.69) is 25.8 Å². The fraction of sp³-hybridized carbons (Fsp3) is 0.471. The van der Waals surface area contributed by atoms with Crippen LogP contribution in [0.1, 0.15) is 26.7 Å². The maximum atomic E-state index is 12.7. The molecule has 2 atom stereocenters. The molecule has 0 aromatic carbocycles. The van der Waals surface area contributed by atoms with Gasteiger partial charge in [-0.2, -0.15) is 0 Å². The van der Waals surface area contributed by atoms with Gasteiger partial charge in [0.05, 0.1) is 11.6 Å². The van der Waals surface area contributed by atoms with Crippen molar-refractivity contribution in [1.82, 2.24) is 20.5 Å². The Morgan fingerprint density at radius 1 is 1.38 bits per heavy atom. The number of ketones is 2. The van der Waals surface area contributed by atoms with Gasteiger partial charge in [-0.3, -0.25) is 14.4 Å². The largest absolute Gasteiger partial charge is 0.403 e. The van der Waals surface area contributed by atoms with Crippen molar-refractivity contribution in [2.45, 2.75) is 32.7 Å². The number of carbonyl (C=O) groups is 3. The highest BCUT2D eigenvalue weighted by molar-refractivity contribution is 6.37. The molecular weight excluding hydrogens is 338 g/mol. The summed E-state index contributed by atoms with van der Waals surface area (Å²) in [6.45, 7) is 4.18. The Morgan fingerprint density at radius 3 is 2.88 bits per heavy atom. The first-order chi connectivity index (χ1) is 12.5. The number of nitrogens with zero attached hydrogens (tertiary/aromatic N) is 2. The van der Waals surface area contributed by atoms with Gasteiger partial charge in [0.25, 0.3) is 11.8 Å². The molecule has 1 fully saturated rings. The van der Waals surface area contributed by atoms with Gasteiger partial charge in [-0.15, -0.1) is 5.10 Å². The van der Waals surface area contributed by atoms with Crippen molar-refractivity contribution >= 4 is 23.5 Å². The molecule has 0 bridgehead atoms. The van der Waals surface area contributed by atoms with Crippen LogP contribution in [-0.2, 0) is 14.4 Å². The molecule has 9 nitrogen and oxygen atoms in total. The molecule has 0 radical (unpaired) electrons. The SMILES string of the molecule is CC(C)C(Nc1nnc(-c2cc[nH]c2)o1)C(=O)CC1CCNC(=O)C1=O. The molecular formula is C17H21N5O4. The fourth-order valence-corrected chi connectivity index (χ4v) is 2.94. The minimum Gasteiger partial charge on any atom is -0.403 e. The van der Waals surface area contributed by atoms with E-state index in [1.54, 1.807) is 18.5 Å². The number of piperidine rings is 1. The van der Waals surface area contributed by atoms with E-state index in [1.165, 1.54) is 0 Å². The first-order valence-electron chi connectivity index (χ1n) is 8.53. The number of hydrogen-bond donors (Lipinski definition) is 3. The zero-order chi connectivity index (χ0) is 18.7. The molecule has 0 aliphatic carbocycles.